The number of hydrogen-bond donors (Lipinski definition) is 2. The van der Waals surface area contributed by atoms with Gasteiger partial charge in [0.25, 0.3) is 0 Å². The molecule has 7 heteroatoms. The monoisotopic (exact) mass is 498 g/mol. The Morgan fingerprint density at radius 2 is 1.87 bits per heavy atom. The molecule has 31 heavy (non-hydrogen) atoms. The van der Waals surface area contributed by atoms with E-state index in [1.807, 2.05) is 49.4 Å². The molecule has 158 valence electrons. The number of esters is 1. The molecule has 1 aromatic heterocycles. The van der Waals surface area contributed by atoms with Crippen LogP contribution in [-0.4, -0.2) is 24.0 Å². The molecule has 4 rings (SSSR count). The van der Waals surface area contributed by atoms with Gasteiger partial charge in [0.1, 0.15) is 0 Å². The maximum absolute atomic E-state index is 12.8. The smallest absolute Gasteiger partial charge is 0.338 e. The van der Waals surface area contributed by atoms with Gasteiger partial charge in [-0.05, 0) is 54.4 Å². The van der Waals surface area contributed by atoms with Gasteiger partial charge in [-0.15, -0.1) is 0 Å². The number of ether oxygens (including phenoxy) is 1. The van der Waals surface area contributed by atoms with Gasteiger partial charge in [0.05, 0.1) is 18.6 Å². The van der Waals surface area contributed by atoms with Gasteiger partial charge in [0.15, 0.2) is 0 Å². The third-order valence-electron chi connectivity index (χ3n) is 5.41. The zero-order chi connectivity index (χ0) is 22.1. The Balaban J connectivity index is 1.54. The number of carbonyl (C=O) groups excluding carboxylic acids is 2. The maximum Gasteiger partial charge on any atom is 0.338 e. The molecule has 0 aliphatic rings. The van der Waals surface area contributed by atoms with Crippen LogP contribution < -0.4 is 5.32 Å². The summed E-state index contributed by atoms with van der Waals surface area (Å²) in [6.07, 6.45) is 0. The molecule has 0 saturated carbocycles. The van der Waals surface area contributed by atoms with Crippen LogP contribution in [0.2, 0.25) is 5.02 Å². The van der Waals surface area contributed by atoms with E-state index in [1.54, 1.807) is 12.1 Å². The summed E-state index contributed by atoms with van der Waals surface area (Å²) in [5, 5.41) is 5.73. The van der Waals surface area contributed by atoms with E-state index >= 15 is 0 Å². The molecule has 0 spiro atoms. The SMILES string of the molecule is COC(=O)c1cc(Br)ccc1CNC(=O)C(C)c1ccc2c(c1)[nH]c1ccc(Cl)cc12. The Hall–Kier alpha value is -2.83. The van der Waals surface area contributed by atoms with E-state index in [0.29, 0.717) is 16.1 Å². The fourth-order valence-corrected chi connectivity index (χ4v) is 4.19. The van der Waals surface area contributed by atoms with E-state index < -0.39 is 5.97 Å². The first-order valence-electron chi connectivity index (χ1n) is 9.72. The summed E-state index contributed by atoms with van der Waals surface area (Å²) in [6.45, 7) is 2.09. The third kappa shape index (κ3) is 4.31. The fraction of sp³-hybridized carbons (Fsp3) is 0.167. The predicted molar refractivity (Wildman–Crippen MR) is 127 cm³/mol. The minimum Gasteiger partial charge on any atom is -0.465 e. The predicted octanol–water partition coefficient (Wildman–Crippen LogP) is 5.94. The molecule has 0 aliphatic heterocycles. The van der Waals surface area contributed by atoms with E-state index in [9.17, 15) is 9.59 Å². The van der Waals surface area contributed by atoms with Gasteiger partial charge in [-0.1, -0.05) is 45.7 Å². The van der Waals surface area contributed by atoms with Gasteiger partial charge in [0, 0.05) is 37.8 Å². The number of carbonyl (C=O) groups is 2. The molecule has 3 aromatic carbocycles. The topological polar surface area (TPSA) is 71.2 Å². The molecule has 1 atom stereocenters. The molecule has 0 fully saturated rings. The van der Waals surface area contributed by atoms with Crippen molar-refractivity contribution in [2.75, 3.05) is 7.11 Å². The number of rotatable bonds is 5. The molecule has 0 aliphatic carbocycles. The number of amides is 1. The largest absolute Gasteiger partial charge is 0.465 e. The number of aromatic amines is 1. The first kappa shape index (κ1) is 21.4. The lowest BCUT2D eigenvalue weighted by Gasteiger charge is -2.14. The third-order valence-corrected chi connectivity index (χ3v) is 6.14. The van der Waals surface area contributed by atoms with Crippen LogP contribution >= 0.6 is 27.5 Å². The van der Waals surface area contributed by atoms with Crippen molar-refractivity contribution in [1.82, 2.24) is 10.3 Å². The first-order valence-corrected chi connectivity index (χ1v) is 10.9. The zero-order valence-corrected chi connectivity index (χ0v) is 19.3. The molecule has 4 aromatic rings. The average Bonchev–Trinajstić information content (AvgIpc) is 3.13. The highest BCUT2D eigenvalue weighted by molar-refractivity contribution is 9.10. The van der Waals surface area contributed by atoms with Crippen molar-refractivity contribution >= 4 is 61.2 Å². The van der Waals surface area contributed by atoms with Crippen LogP contribution in [0.1, 0.15) is 34.3 Å². The summed E-state index contributed by atoms with van der Waals surface area (Å²) in [4.78, 5) is 28.2. The van der Waals surface area contributed by atoms with Gasteiger partial charge in [-0.3, -0.25) is 4.79 Å². The number of aromatic nitrogens is 1. The normalized spacial score (nSPS) is 12.1. The molecular weight excluding hydrogens is 480 g/mol. The van der Waals surface area contributed by atoms with Gasteiger partial charge in [0.2, 0.25) is 5.91 Å². The summed E-state index contributed by atoms with van der Waals surface area (Å²) >= 11 is 9.49. The number of hydrogen-bond acceptors (Lipinski definition) is 3. The molecule has 1 amide bonds. The Bertz CT molecular complexity index is 1320. The van der Waals surface area contributed by atoms with Gasteiger partial charge < -0.3 is 15.0 Å². The van der Waals surface area contributed by atoms with Crippen LogP contribution in [0.25, 0.3) is 21.8 Å². The van der Waals surface area contributed by atoms with E-state index in [2.05, 4.69) is 26.2 Å². The Morgan fingerprint density at radius 1 is 1.06 bits per heavy atom. The molecule has 5 nitrogen and oxygen atoms in total. The molecule has 1 heterocycles. The first-order chi connectivity index (χ1) is 14.9. The van der Waals surface area contributed by atoms with Crippen LogP contribution in [-0.2, 0) is 16.1 Å². The van der Waals surface area contributed by atoms with Gasteiger partial charge in [-0.25, -0.2) is 4.79 Å². The summed E-state index contributed by atoms with van der Waals surface area (Å²) < 4.78 is 5.61. The lowest BCUT2D eigenvalue weighted by molar-refractivity contribution is -0.122. The van der Waals surface area contributed by atoms with E-state index in [1.165, 1.54) is 7.11 Å². The zero-order valence-electron chi connectivity index (χ0n) is 17.0. The fourth-order valence-electron chi connectivity index (χ4n) is 3.65. The lowest BCUT2D eigenvalue weighted by atomic mass is 9.98. The van der Waals surface area contributed by atoms with Gasteiger partial charge >= 0.3 is 5.97 Å². The summed E-state index contributed by atoms with van der Waals surface area (Å²) in [5.41, 5.74) is 3.96. The van der Waals surface area contributed by atoms with Crippen LogP contribution in [0.5, 0.6) is 0 Å². The molecule has 1 unspecified atom stereocenters. The second-order valence-electron chi connectivity index (χ2n) is 7.35. The number of halogens is 2. The van der Waals surface area contributed by atoms with E-state index in [4.69, 9.17) is 16.3 Å². The number of benzene rings is 3. The van der Waals surface area contributed by atoms with Crippen molar-refractivity contribution in [2.24, 2.45) is 0 Å². The average molecular weight is 500 g/mol. The second kappa shape index (κ2) is 8.73. The van der Waals surface area contributed by atoms with Crippen LogP contribution in [0.3, 0.4) is 0 Å². The van der Waals surface area contributed by atoms with Crippen molar-refractivity contribution in [1.29, 1.82) is 0 Å². The van der Waals surface area contributed by atoms with Crippen LogP contribution in [0.15, 0.2) is 59.1 Å². The lowest BCUT2D eigenvalue weighted by Crippen LogP contribution is -2.28. The number of nitrogens with one attached hydrogen (secondary N) is 2. The quantitative estimate of drug-likeness (QED) is 0.334. The second-order valence-corrected chi connectivity index (χ2v) is 8.70. The van der Waals surface area contributed by atoms with Crippen molar-refractivity contribution in [3.05, 3.63) is 80.8 Å². The number of H-pyrrole nitrogens is 1. The Morgan fingerprint density at radius 3 is 2.65 bits per heavy atom. The summed E-state index contributed by atoms with van der Waals surface area (Å²) in [5.74, 6) is -0.934. The number of fused-ring (bicyclic) bond motifs is 3. The highest BCUT2D eigenvalue weighted by Crippen LogP contribution is 2.30. The minimum atomic E-state index is -0.442. The summed E-state index contributed by atoms with van der Waals surface area (Å²) in [6, 6.07) is 17.0. The van der Waals surface area contributed by atoms with Crippen LogP contribution in [0.4, 0.5) is 0 Å². The molecule has 2 N–H and O–H groups in total. The van der Waals surface area contributed by atoms with Crippen molar-refractivity contribution < 1.29 is 14.3 Å². The van der Waals surface area contributed by atoms with Crippen LogP contribution in [0, 0.1) is 0 Å². The summed E-state index contributed by atoms with van der Waals surface area (Å²) in [7, 11) is 1.34. The van der Waals surface area contributed by atoms with E-state index in [-0.39, 0.29) is 18.4 Å². The number of methoxy groups -OCH3 is 1. The Labute approximate surface area is 192 Å². The highest BCUT2D eigenvalue weighted by atomic mass is 79.9. The highest BCUT2D eigenvalue weighted by Gasteiger charge is 2.18. The standard InChI is InChI=1S/C24H20BrClN2O3/c1-13(23(29)27-12-15-3-5-16(25)10-19(15)24(30)31-2)14-4-7-18-20-11-17(26)6-8-21(20)28-22(18)9-14/h3-11,13,28H,12H2,1-2H3,(H,27,29). The van der Waals surface area contributed by atoms with E-state index in [0.717, 1.165) is 31.8 Å². The van der Waals surface area contributed by atoms with Crippen molar-refractivity contribution in [2.45, 2.75) is 19.4 Å². The molecule has 0 bridgehead atoms. The molecule has 0 saturated heterocycles. The van der Waals surface area contributed by atoms with Crippen molar-refractivity contribution in [3.63, 3.8) is 0 Å². The van der Waals surface area contributed by atoms with Gasteiger partial charge in [-0.2, -0.15) is 0 Å². The minimum absolute atomic E-state index is 0.128. The maximum atomic E-state index is 12.8. The molecular formula is C24H20BrClN2O3. The van der Waals surface area contributed by atoms with Crippen molar-refractivity contribution in [3.8, 4) is 0 Å². The Kier molecular flexibility index (Phi) is 6.03. The molecule has 0 radical (unpaired) electrons.